The first-order valence-electron chi connectivity index (χ1n) is 4.46. The summed E-state index contributed by atoms with van der Waals surface area (Å²) in [6, 6.07) is 3.28. The first-order valence-corrected chi connectivity index (χ1v) is 5.28. The number of rotatable bonds is 4. The Morgan fingerprint density at radius 2 is 2.18 bits per heavy atom. The molecule has 0 aliphatic heterocycles. The molecule has 1 heterocycles. The molecule has 0 saturated carbocycles. The Hall–Kier alpha value is -1.47. The second-order valence-electron chi connectivity index (χ2n) is 3.08. The van der Waals surface area contributed by atoms with Gasteiger partial charge in [0, 0.05) is 34.5 Å². The van der Waals surface area contributed by atoms with E-state index in [1.165, 1.54) is 6.20 Å². The summed E-state index contributed by atoms with van der Waals surface area (Å²) < 4.78 is 0.837. The fraction of sp³-hybridized carbons (Fsp3) is 0.222. The third-order valence-electron chi connectivity index (χ3n) is 1.80. The number of carboxylic acid groups (broad SMARTS) is 1. The van der Waals surface area contributed by atoms with Gasteiger partial charge in [-0.05, 0) is 12.5 Å². The molecule has 1 rings (SSSR count). The average Bonchev–Trinajstić information content (AvgIpc) is 2.18. The second kappa shape index (κ2) is 6.97. The van der Waals surface area contributed by atoms with Gasteiger partial charge in [0.05, 0.1) is 0 Å². The van der Waals surface area contributed by atoms with E-state index in [0.29, 0.717) is 17.0 Å². The number of amidine groups is 1. The summed E-state index contributed by atoms with van der Waals surface area (Å²) in [4.78, 5) is 10.4. The van der Waals surface area contributed by atoms with E-state index in [1.807, 2.05) is 0 Å². The van der Waals surface area contributed by atoms with Gasteiger partial charge in [-0.3, -0.25) is 15.4 Å². The lowest BCUT2D eigenvalue weighted by Crippen LogP contribution is -2.33. The van der Waals surface area contributed by atoms with E-state index in [9.17, 15) is 10.0 Å². The number of pyridine rings is 1. The highest BCUT2D eigenvalue weighted by atomic mass is 35.5. The van der Waals surface area contributed by atoms with E-state index in [4.69, 9.17) is 16.2 Å². The molecule has 0 amide bonds. The minimum absolute atomic E-state index is 0. The van der Waals surface area contributed by atoms with Gasteiger partial charge in [0.15, 0.2) is 5.17 Å². The van der Waals surface area contributed by atoms with Gasteiger partial charge in [0.25, 0.3) is 5.03 Å². The number of halogens is 1. The molecular formula is C9H13ClN3O3S+. The van der Waals surface area contributed by atoms with Gasteiger partial charge in [-0.2, -0.15) is 0 Å². The van der Waals surface area contributed by atoms with E-state index >= 15 is 0 Å². The van der Waals surface area contributed by atoms with Crippen LogP contribution in [0, 0.1) is 5.41 Å². The Balaban J connectivity index is 0.00000256. The van der Waals surface area contributed by atoms with Gasteiger partial charge >= 0.3 is 5.97 Å². The molecule has 8 heteroatoms. The summed E-state index contributed by atoms with van der Waals surface area (Å²) in [6.45, 7) is 0. The van der Waals surface area contributed by atoms with Gasteiger partial charge in [-0.15, -0.1) is 12.4 Å². The largest absolute Gasteiger partial charge is 0.481 e. The van der Waals surface area contributed by atoms with Crippen molar-refractivity contribution >= 4 is 35.3 Å². The predicted molar refractivity (Wildman–Crippen MR) is 64.8 cm³/mol. The number of nitrogens with zero attached hydrogens (tertiary/aromatic N) is 1. The van der Waals surface area contributed by atoms with Crippen LogP contribution in [0.4, 0.5) is 0 Å². The van der Waals surface area contributed by atoms with Crippen LogP contribution in [0.3, 0.4) is 0 Å². The number of carboxylic acids is 1. The Morgan fingerprint density at radius 3 is 2.65 bits per heavy atom. The lowest BCUT2D eigenvalue weighted by molar-refractivity contribution is -0.932. The molecule has 94 valence electrons. The number of aryl methyl sites for hydroxylation is 1. The standard InChI is InChI=1S/C9H11N3O3S.ClH/c10-9(11)16-7-3-1-6(5-12(7)15)2-4-8(13)14;/h1,3,5H,2,4H2,(H4-,10,11,13,14,15);1H/p+1. The fourth-order valence-corrected chi connectivity index (χ4v) is 1.62. The number of nitrogens with one attached hydrogen (secondary N) is 1. The molecule has 0 aromatic carbocycles. The maximum absolute atomic E-state index is 10.4. The van der Waals surface area contributed by atoms with Crippen LogP contribution in [-0.4, -0.2) is 21.5 Å². The highest BCUT2D eigenvalue weighted by Crippen LogP contribution is 2.12. The number of hydrogen-bond donors (Lipinski definition) is 4. The van der Waals surface area contributed by atoms with Crippen molar-refractivity contribution in [3.8, 4) is 0 Å². The van der Waals surface area contributed by atoms with Crippen molar-refractivity contribution in [3.05, 3.63) is 23.9 Å². The second-order valence-corrected chi connectivity index (χ2v) is 4.14. The molecule has 17 heavy (non-hydrogen) atoms. The van der Waals surface area contributed by atoms with Crippen molar-refractivity contribution < 1.29 is 19.8 Å². The summed E-state index contributed by atoms with van der Waals surface area (Å²) in [6.07, 6.45) is 1.77. The Kier molecular flexibility index (Phi) is 6.37. The van der Waals surface area contributed by atoms with Crippen LogP contribution in [0.5, 0.6) is 0 Å². The van der Waals surface area contributed by atoms with Gasteiger partial charge in [0.2, 0.25) is 6.20 Å². The summed E-state index contributed by atoms with van der Waals surface area (Å²) in [7, 11) is 0. The van der Waals surface area contributed by atoms with Crippen molar-refractivity contribution in [1.82, 2.24) is 0 Å². The quantitative estimate of drug-likeness (QED) is 0.212. The highest BCUT2D eigenvalue weighted by Gasteiger charge is 2.13. The lowest BCUT2D eigenvalue weighted by atomic mass is 10.2. The molecule has 0 spiro atoms. The number of nitrogens with two attached hydrogens (primary N) is 1. The van der Waals surface area contributed by atoms with E-state index < -0.39 is 5.97 Å². The fourth-order valence-electron chi connectivity index (χ4n) is 1.11. The van der Waals surface area contributed by atoms with E-state index in [2.05, 4.69) is 0 Å². The van der Waals surface area contributed by atoms with Crippen molar-refractivity contribution in [2.24, 2.45) is 5.73 Å². The monoisotopic (exact) mass is 278 g/mol. The minimum atomic E-state index is -0.883. The molecule has 0 aliphatic rings. The van der Waals surface area contributed by atoms with Crippen LogP contribution in [0.25, 0.3) is 0 Å². The molecule has 0 aliphatic carbocycles. The Bertz CT molecular complexity index is 428. The van der Waals surface area contributed by atoms with Crippen LogP contribution in [0.15, 0.2) is 23.4 Å². The molecule has 0 atom stereocenters. The van der Waals surface area contributed by atoms with E-state index in [1.54, 1.807) is 12.1 Å². The molecule has 0 radical (unpaired) electrons. The summed E-state index contributed by atoms with van der Waals surface area (Å²) >= 11 is 0.916. The van der Waals surface area contributed by atoms with Gasteiger partial charge in [-0.1, -0.05) is 0 Å². The number of hydrogen-bond acceptors (Lipinski definition) is 4. The van der Waals surface area contributed by atoms with E-state index in [-0.39, 0.29) is 24.0 Å². The first kappa shape index (κ1) is 15.5. The number of aliphatic carboxylic acids is 1. The van der Waals surface area contributed by atoms with Crippen molar-refractivity contribution in [1.29, 1.82) is 5.41 Å². The molecule has 1 aromatic heterocycles. The molecule has 0 unspecified atom stereocenters. The normalized spacial score (nSPS) is 9.41. The maximum atomic E-state index is 10.4. The smallest absolute Gasteiger partial charge is 0.303 e. The van der Waals surface area contributed by atoms with Crippen LogP contribution in [0.2, 0.25) is 0 Å². The number of aromatic nitrogens is 1. The zero-order valence-electron chi connectivity index (χ0n) is 8.79. The SMILES string of the molecule is Cl.N=C(N)Sc1ccc(CCC(=O)O)c[n+]1O. The van der Waals surface area contributed by atoms with Gasteiger partial charge < -0.3 is 10.8 Å². The zero-order valence-corrected chi connectivity index (χ0v) is 10.4. The molecule has 0 fully saturated rings. The predicted octanol–water partition coefficient (Wildman–Crippen LogP) is 0.636. The summed E-state index contributed by atoms with van der Waals surface area (Å²) in [5, 5.41) is 25.3. The average molecular weight is 279 g/mol. The van der Waals surface area contributed by atoms with Crippen molar-refractivity contribution in [3.63, 3.8) is 0 Å². The van der Waals surface area contributed by atoms with Crippen LogP contribution >= 0.6 is 24.2 Å². The summed E-state index contributed by atoms with van der Waals surface area (Å²) in [5.74, 6) is -0.883. The molecule has 1 aromatic rings. The topological polar surface area (TPSA) is 111 Å². The molecule has 0 saturated heterocycles. The third-order valence-corrected chi connectivity index (χ3v) is 2.55. The minimum Gasteiger partial charge on any atom is -0.481 e. The molecule has 5 N–H and O–H groups in total. The van der Waals surface area contributed by atoms with Crippen LogP contribution < -0.4 is 10.5 Å². The Morgan fingerprint density at radius 1 is 1.53 bits per heavy atom. The Labute approximate surface area is 108 Å². The number of thioether (sulfide) groups is 1. The van der Waals surface area contributed by atoms with Crippen LogP contribution in [0.1, 0.15) is 12.0 Å². The molecule has 6 nitrogen and oxygen atoms in total. The summed E-state index contributed by atoms with van der Waals surface area (Å²) in [5.41, 5.74) is 5.88. The molecular weight excluding hydrogens is 266 g/mol. The third kappa shape index (κ3) is 5.41. The number of carbonyl (C=O) groups is 1. The first-order chi connectivity index (χ1) is 7.49. The maximum Gasteiger partial charge on any atom is 0.303 e. The molecule has 0 bridgehead atoms. The van der Waals surface area contributed by atoms with Crippen molar-refractivity contribution in [2.45, 2.75) is 17.9 Å². The zero-order chi connectivity index (χ0) is 12.1. The van der Waals surface area contributed by atoms with Gasteiger partial charge in [-0.25, -0.2) is 0 Å². The van der Waals surface area contributed by atoms with Crippen molar-refractivity contribution in [2.75, 3.05) is 0 Å². The van der Waals surface area contributed by atoms with Gasteiger partial charge in [0.1, 0.15) is 0 Å². The highest BCUT2D eigenvalue weighted by molar-refractivity contribution is 8.13. The lowest BCUT2D eigenvalue weighted by Gasteiger charge is -1.98. The van der Waals surface area contributed by atoms with Crippen LogP contribution in [-0.2, 0) is 11.2 Å². The van der Waals surface area contributed by atoms with E-state index in [0.717, 1.165) is 16.5 Å².